The third-order valence-corrected chi connectivity index (χ3v) is 5.29. The van der Waals surface area contributed by atoms with Crippen molar-refractivity contribution in [3.63, 3.8) is 0 Å². The number of carbonyl (C=O) groups excluding carboxylic acids is 3. The number of thiol groups is 1. The highest BCUT2D eigenvalue weighted by molar-refractivity contribution is 7.80. The van der Waals surface area contributed by atoms with Gasteiger partial charge < -0.3 is 20.3 Å². The standard InChI is InChI=1S/C23H37N3O4S/c1-8-9-13-24-20(27)19(17-12-10-11-15(2)16(17)3)26(7)21(28)18(14-31)25-22(29)30-23(4,5)6/h10-12,18-19,31H,8-9,13-14H2,1-7H3,(H,24,27)(H,25,29). The molecule has 0 spiro atoms. The zero-order chi connectivity index (χ0) is 23.8. The molecule has 174 valence electrons. The lowest BCUT2D eigenvalue weighted by Crippen LogP contribution is -2.52. The van der Waals surface area contributed by atoms with E-state index in [0.29, 0.717) is 6.54 Å². The van der Waals surface area contributed by atoms with Crippen molar-refractivity contribution in [2.45, 2.75) is 72.1 Å². The maximum atomic E-state index is 13.2. The highest BCUT2D eigenvalue weighted by Crippen LogP contribution is 2.26. The van der Waals surface area contributed by atoms with Crippen LogP contribution in [-0.4, -0.2) is 53.8 Å². The van der Waals surface area contributed by atoms with E-state index in [1.165, 1.54) is 4.90 Å². The molecule has 2 N–H and O–H groups in total. The fourth-order valence-corrected chi connectivity index (χ4v) is 3.34. The summed E-state index contributed by atoms with van der Waals surface area (Å²) in [6, 6.07) is 3.93. The van der Waals surface area contributed by atoms with Crippen LogP contribution in [0.5, 0.6) is 0 Å². The van der Waals surface area contributed by atoms with E-state index in [1.807, 2.05) is 39.0 Å². The van der Waals surface area contributed by atoms with Crippen molar-refractivity contribution in [1.82, 2.24) is 15.5 Å². The molecule has 0 bridgehead atoms. The summed E-state index contributed by atoms with van der Waals surface area (Å²) in [5.41, 5.74) is 2.03. The molecule has 7 nitrogen and oxygen atoms in total. The molecule has 1 aromatic rings. The Kier molecular flexibility index (Phi) is 10.4. The third-order valence-electron chi connectivity index (χ3n) is 4.93. The van der Waals surface area contributed by atoms with Gasteiger partial charge in [-0.05, 0) is 57.7 Å². The normalized spacial score (nSPS) is 13.2. The van der Waals surface area contributed by atoms with Crippen molar-refractivity contribution >= 4 is 30.5 Å². The highest BCUT2D eigenvalue weighted by Gasteiger charge is 2.34. The molecule has 3 amide bonds. The van der Waals surface area contributed by atoms with Crippen LogP contribution < -0.4 is 10.6 Å². The first-order chi connectivity index (χ1) is 14.4. The number of ether oxygens (including phenoxy) is 1. The number of nitrogens with zero attached hydrogens (tertiary/aromatic N) is 1. The summed E-state index contributed by atoms with van der Waals surface area (Å²) < 4.78 is 5.26. The Balaban J connectivity index is 3.18. The number of hydrogen-bond donors (Lipinski definition) is 3. The van der Waals surface area contributed by atoms with E-state index in [9.17, 15) is 14.4 Å². The molecule has 0 heterocycles. The van der Waals surface area contributed by atoms with Crippen molar-refractivity contribution < 1.29 is 19.1 Å². The lowest BCUT2D eigenvalue weighted by atomic mass is 9.95. The summed E-state index contributed by atoms with van der Waals surface area (Å²) in [5, 5.41) is 5.50. The summed E-state index contributed by atoms with van der Waals surface area (Å²) in [4.78, 5) is 39.9. The molecule has 1 rings (SSSR count). The van der Waals surface area contributed by atoms with Gasteiger partial charge in [-0.25, -0.2) is 4.79 Å². The molecule has 0 aliphatic heterocycles. The Labute approximate surface area is 191 Å². The first-order valence-electron chi connectivity index (χ1n) is 10.6. The van der Waals surface area contributed by atoms with Crippen molar-refractivity contribution in [1.29, 1.82) is 0 Å². The second kappa shape index (κ2) is 12.0. The number of carbonyl (C=O) groups is 3. The van der Waals surface area contributed by atoms with Crippen molar-refractivity contribution in [2.24, 2.45) is 0 Å². The number of rotatable bonds is 9. The van der Waals surface area contributed by atoms with Crippen LogP contribution >= 0.6 is 12.6 Å². The minimum Gasteiger partial charge on any atom is -0.444 e. The number of hydrogen-bond acceptors (Lipinski definition) is 5. The molecular formula is C23H37N3O4S. The molecule has 0 radical (unpaired) electrons. The molecule has 8 heteroatoms. The summed E-state index contributed by atoms with van der Waals surface area (Å²) in [7, 11) is 1.57. The molecule has 0 saturated heterocycles. The summed E-state index contributed by atoms with van der Waals surface area (Å²) in [5.74, 6) is -0.607. The van der Waals surface area contributed by atoms with Crippen LogP contribution in [0.1, 0.15) is 63.3 Å². The molecule has 0 aliphatic rings. The highest BCUT2D eigenvalue weighted by atomic mass is 32.1. The van der Waals surface area contributed by atoms with Crippen LogP contribution in [-0.2, 0) is 14.3 Å². The predicted octanol–water partition coefficient (Wildman–Crippen LogP) is 3.54. The minimum atomic E-state index is -0.931. The minimum absolute atomic E-state index is 0.0688. The number of aryl methyl sites for hydroxylation is 1. The fraction of sp³-hybridized carbons (Fsp3) is 0.609. The molecular weight excluding hydrogens is 414 g/mol. The monoisotopic (exact) mass is 451 g/mol. The maximum absolute atomic E-state index is 13.2. The first-order valence-corrected chi connectivity index (χ1v) is 11.3. The lowest BCUT2D eigenvalue weighted by molar-refractivity contribution is -0.140. The Hall–Kier alpha value is -2.22. The van der Waals surface area contributed by atoms with Gasteiger partial charge in [-0.15, -0.1) is 0 Å². The third kappa shape index (κ3) is 8.09. The smallest absolute Gasteiger partial charge is 0.408 e. The molecule has 2 unspecified atom stereocenters. The average molecular weight is 452 g/mol. The Morgan fingerprint density at radius 1 is 1.19 bits per heavy atom. The summed E-state index contributed by atoms with van der Waals surface area (Å²) in [6.07, 6.45) is 1.09. The van der Waals surface area contributed by atoms with Gasteiger partial charge in [0.1, 0.15) is 17.7 Å². The van der Waals surface area contributed by atoms with Crippen LogP contribution in [0.25, 0.3) is 0 Å². The number of alkyl carbamates (subject to hydrolysis) is 1. The maximum Gasteiger partial charge on any atom is 0.408 e. The number of amides is 3. The Bertz CT molecular complexity index is 777. The zero-order valence-electron chi connectivity index (χ0n) is 19.7. The molecule has 0 aromatic heterocycles. The van der Waals surface area contributed by atoms with E-state index >= 15 is 0 Å². The number of unbranched alkanes of at least 4 members (excludes halogenated alkanes) is 1. The molecule has 1 aromatic carbocycles. The van der Waals surface area contributed by atoms with E-state index < -0.39 is 29.7 Å². The number of likely N-dealkylation sites (N-methyl/N-ethyl adjacent to an activating group) is 1. The first kappa shape index (κ1) is 26.8. The van der Waals surface area contributed by atoms with E-state index in [-0.39, 0.29) is 11.7 Å². The number of nitrogens with one attached hydrogen (secondary N) is 2. The van der Waals surface area contributed by atoms with Gasteiger partial charge in [0, 0.05) is 19.3 Å². The van der Waals surface area contributed by atoms with Gasteiger partial charge in [0.05, 0.1) is 0 Å². The average Bonchev–Trinajstić information content (AvgIpc) is 2.67. The molecule has 0 fully saturated rings. The van der Waals surface area contributed by atoms with Crippen LogP contribution in [0.2, 0.25) is 0 Å². The van der Waals surface area contributed by atoms with Crippen molar-refractivity contribution in [3.8, 4) is 0 Å². The Morgan fingerprint density at radius 2 is 1.84 bits per heavy atom. The van der Waals surface area contributed by atoms with Gasteiger partial charge in [0.15, 0.2) is 0 Å². The largest absolute Gasteiger partial charge is 0.444 e. The molecule has 0 saturated carbocycles. The lowest BCUT2D eigenvalue weighted by Gasteiger charge is -2.32. The van der Waals surface area contributed by atoms with Gasteiger partial charge in [-0.1, -0.05) is 31.5 Å². The second-order valence-corrected chi connectivity index (χ2v) is 9.03. The zero-order valence-corrected chi connectivity index (χ0v) is 20.6. The Morgan fingerprint density at radius 3 is 2.39 bits per heavy atom. The van der Waals surface area contributed by atoms with Gasteiger partial charge in [0.25, 0.3) is 0 Å². The summed E-state index contributed by atoms with van der Waals surface area (Å²) in [6.45, 7) is 11.7. The van der Waals surface area contributed by atoms with Crippen LogP contribution in [0.3, 0.4) is 0 Å². The van der Waals surface area contributed by atoms with E-state index in [1.54, 1.807) is 27.8 Å². The van der Waals surface area contributed by atoms with E-state index in [0.717, 1.165) is 29.5 Å². The van der Waals surface area contributed by atoms with Gasteiger partial charge >= 0.3 is 6.09 Å². The quantitative estimate of drug-likeness (QED) is 0.396. The van der Waals surface area contributed by atoms with Gasteiger partial charge in [0.2, 0.25) is 11.8 Å². The van der Waals surface area contributed by atoms with Crippen molar-refractivity contribution in [2.75, 3.05) is 19.3 Å². The SMILES string of the molecule is CCCCNC(=O)C(c1cccc(C)c1C)N(C)C(=O)C(CS)NC(=O)OC(C)(C)C. The van der Waals surface area contributed by atoms with Crippen LogP contribution in [0.4, 0.5) is 4.79 Å². The molecule has 2 atom stereocenters. The molecule has 31 heavy (non-hydrogen) atoms. The van der Waals surface area contributed by atoms with Crippen molar-refractivity contribution in [3.05, 3.63) is 34.9 Å². The van der Waals surface area contributed by atoms with Crippen LogP contribution in [0.15, 0.2) is 18.2 Å². The second-order valence-electron chi connectivity index (χ2n) is 8.67. The predicted molar refractivity (Wildman–Crippen MR) is 126 cm³/mol. The molecule has 0 aliphatic carbocycles. The summed E-state index contributed by atoms with van der Waals surface area (Å²) >= 11 is 4.23. The van der Waals surface area contributed by atoms with Gasteiger partial charge in [-0.3, -0.25) is 9.59 Å². The fourth-order valence-electron chi connectivity index (χ4n) is 3.09. The van der Waals surface area contributed by atoms with E-state index in [4.69, 9.17) is 4.74 Å². The van der Waals surface area contributed by atoms with E-state index in [2.05, 4.69) is 23.3 Å². The van der Waals surface area contributed by atoms with Crippen LogP contribution in [0, 0.1) is 13.8 Å². The number of benzene rings is 1. The van der Waals surface area contributed by atoms with Gasteiger partial charge in [-0.2, -0.15) is 12.6 Å². The topological polar surface area (TPSA) is 87.7 Å².